The number of anilines is 1. The van der Waals surface area contributed by atoms with Gasteiger partial charge in [-0.05, 0) is 36.1 Å². The predicted molar refractivity (Wildman–Crippen MR) is 84.6 cm³/mol. The van der Waals surface area contributed by atoms with Crippen LogP contribution in [0.4, 0.5) is 5.69 Å². The fourth-order valence-electron chi connectivity index (χ4n) is 2.11. The van der Waals surface area contributed by atoms with Crippen molar-refractivity contribution in [3.63, 3.8) is 0 Å². The van der Waals surface area contributed by atoms with Crippen LogP contribution in [0.15, 0.2) is 23.1 Å². The van der Waals surface area contributed by atoms with E-state index in [4.69, 9.17) is 9.11 Å². The largest absolute Gasteiger partial charge is 0.374 e. The molecule has 0 aromatic heterocycles. The predicted octanol–water partition coefficient (Wildman–Crippen LogP) is 1.77. The van der Waals surface area contributed by atoms with Crippen LogP contribution < -0.4 is 4.90 Å². The van der Waals surface area contributed by atoms with E-state index in [1.807, 2.05) is 13.8 Å². The molecule has 0 saturated heterocycles. The van der Waals surface area contributed by atoms with Crippen LogP contribution in [0.1, 0.15) is 31.7 Å². The van der Waals surface area contributed by atoms with E-state index in [9.17, 15) is 16.8 Å². The zero-order valence-corrected chi connectivity index (χ0v) is 14.4. The minimum absolute atomic E-state index is 0.0146. The lowest BCUT2D eigenvalue weighted by Crippen LogP contribution is -2.22. The molecule has 0 saturated carbocycles. The standard InChI is InChI=1S/C13H21NO6S2/c1-10(2)12-9-11(22(18,19)20)5-6-13(12)14(3)7-4-8-21(15,16)17/h5-6,9-10H,4,7-8H2,1-3H3,(H,15,16,17)(H,18,19,20). The maximum Gasteiger partial charge on any atom is 0.294 e. The monoisotopic (exact) mass is 351 g/mol. The van der Waals surface area contributed by atoms with Gasteiger partial charge in [0.2, 0.25) is 0 Å². The quantitative estimate of drug-likeness (QED) is 0.720. The highest BCUT2D eigenvalue weighted by Gasteiger charge is 2.17. The molecule has 0 aliphatic heterocycles. The molecule has 0 fully saturated rings. The molecule has 0 aliphatic carbocycles. The Labute approximate surface area is 131 Å². The van der Waals surface area contributed by atoms with Crippen LogP contribution in [0.3, 0.4) is 0 Å². The van der Waals surface area contributed by atoms with Gasteiger partial charge in [0.25, 0.3) is 20.2 Å². The first kappa shape index (κ1) is 18.9. The van der Waals surface area contributed by atoms with Crippen molar-refractivity contribution in [1.29, 1.82) is 0 Å². The van der Waals surface area contributed by atoms with Crippen molar-refractivity contribution >= 4 is 25.9 Å². The van der Waals surface area contributed by atoms with Crippen LogP contribution in [0.25, 0.3) is 0 Å². The molecule has 1 aromatic carbocycles. The minimum atomic E-state index is -4.27. The number of nitrogens with zero attached hydrogens (tertiary/aromatic N) is 1. The summed E-state index contributed by atoms with van der Waals surface area (Å²) in [6.07, 6.45) is 0.243. The van der Waals surface area contributed by atoms with Crippen molar-refractivity contribution in [2.75, 3.05) is 24.2 Å². The van der Waals surface area contributed by atoms with Crippen LogP contribution in [-0.4, -0.2) is 45.3 Å². The number of rotatable bonds is 7. The lowest BCUT2D eigenvalue weighted by atomic mass is 10.0. The maximum atomic E-state index is 11.2. The summed E-state index contributed by atoms with van der Waals surface area (Å²) in [7, 11) is -6.51. The van der Waals surface area contributed by atoms with Crippen LogP contribution in [-0.2, 0) is 20.2 Å². The molecule has 0 amide bonds. The summed E-state index contributed by atoms with van der Waals surface area (Å²) in [4.78, 5) is 1.61. The van der Waals surface area contributed by atoms with Crippen molar-refractivity contribution in [3.05, 3.63) is 23.8 Å². The van der Waals surface area contributed by atoms with E-state index in [-0.39, 0.29) is 23.0 Å². The van der Waals surface area contributed by atoms with Gasteiger partial charge in [-0.2, -0.15) is 16.8 Å². The van der Waals surface area contributed by atoms with Gasteiger partial charge in [0, 0.05) is 19.3 Å². The SMILES string of the molecule is CC(C)c1cc(S(=O)(=O)O)ccc1N(C)CCCS(=O)(=O)O. The summed E-state index contributed by atoms with van der Waals surface area (Å²) >= 11 is 0. The summed E-state index contributed by atoms with van der Waals surface area (Å²) < 4.78 is 61.7. The van der Waals surface area contributed by atoms with E-state index >= 15 is 0 Å². The molecular weight excluding hydrogens is 330 g/mol. The smallest absolute Gasteiger partial charge is 0.294 e. The van der Waals surface area contributed by atoms with Crippen molar-refractivity contribution in [3.8, 4) is 0 Å². The van der Waals surface area contributed by atoms with E-state index in [0.717, 1.165) is 11.3 Å². The summed E-state index contributed by atoms with van der Waals surface area (Å²) in [5, 5.41) is 0. The molecule has 7 nitrogen and oxygen atoms in total. The molecule has 2 N–H and O–H groups in total. The van der Waals surface area contributed by atoms with Crippen LogP contribution in [0.5, 0.6) is 0 Å². The molecule has 0 bridgehead atoms. The Balaban J connectivity index is 3.03. The van der Waals surface area contributed by atoms with Crippen molar-refractivity contribution in [2.24, 2.45) is 0 Å². The van der Waals surface area contributed by atoms with Gasteiger partial charge in [-0.1, -0.05) is 13.8 Å². The number of hydrogen-bond donors (Lipinski definition) is 2. The molecular formula is C13H21NO6S2. The van der Waals surface area contributed by atoms with Crippen molar-refractivity contribution in [1.82, 2.24) is 0 Å². The molecule has 0 spiro atoms. The van der Waals surface area contributed by atoms with E-state index in [2.05, 4.69) is 0 Å². The number of benzene rings is 1. The Morgan fingerprint density at radius 1 is 1.14 bits per heavy atom. The Bertz CT molecular complexity index is 725. The van der Waals surface area contributed by atoms with E-state index in [1.165, 1.54) is 12.1 Å². The van der Waals surface area contributed by atoms with E-state index in [1.54, 1.807) is 18.0 Å². The van der Waals surface area contributed by atoms with Gasteiger partial charge >= 0.3 is 0 Å². The van der Waals surface area contributed by atoms with Crippen molar-refractivity contribution < 1.29 is 25.9 Å². The second-order valence-electron chi connectivity index (χ2n) is 5.41. The van der Waals surface area contributed by atoms with Gasteiger partial charge in [0.05, 0.1) is 10.6 Å². The summed E-state index contributed by atoms with van der Waals surface area (Å²) in [6, 6.07) is 4.29. The third-order valence-electron chi connectivity index (χ3n) is 3.23. The first-order valence-corrected chi connectivity index (χ1v) is 9.74. The van der Waals surface area contributed by atoms with Gasteiger partial charge < -0.3 is 4.90 Å². The van der Waals surface area contributed by atoms with Gasteiger partial charge in [-0.15, -0.1) is 0 Å². The fraction of sp³-hybridized carbons (Fsp3) is 0.538. The van der Waals surface area contributed by atoms with Crippen LogP contribution in [0, 0.1) is 0 Å². The molecule has 0 unspecified atom stereocenters. The Morgan fingerprint density at radius 3 is 2.18 bits per heavy atom. The molecule has 0 aliphatic rings. The maximum absolute atomic E-state index is 11.2. The Hall–Kier alpha value is -1.16. The lowest BCUT2D eigenvalue weighted by Gasteiger charge is -2.24. The summed E-state index contributed by atoms with van der Waals surface area (Å²) in [6.45, 7) is 4.15. The summed E-state index contributed by atoms with van der Waals surface area (Å²) in [5.74, 6) is -0.321. The minimum Gasteiger partial charge on any atom is -0.374 e. The lowest BCUT2D eigenvalue weighted by molar-refractivity contribution is 0.479. The number of hydrogen-bond acceptors (Lipinski definition) is 5. The van der Waals surface area contributed by atoms with E-state index in [0.29, 0.717) is 6.54 Å². The van der Waals surface area contributed by atoms with Gasteiger partial charge in [-0.3, -0.25) is 9.11 Å². The summed E-state index contributed by atoms with van der Waals surface area (Å²) in [5.41, 5.74) is 1.47. The highest BCUT2D eigenvalue weighted by atomic mass is 32.2. The second kappa shape index (κ2) is 6.95. The highest BCUT2D eigenvalue weighted by molar-refractivity contribution is 7.86. The molecule has 0 heterocycles. The fourth-order valence-corrected chi connectivity index (χ4v) is 3.12. The molecule has 0 atom stereocenters. The molecule has 9 heteroatoms. The first-order chi connectivity index (χ1) is 9.92. The average Bonchev–Trinajstić information content (AvgIpc) is 2.35. The van der Waals surface area contributed by atoms with Gasteiger partial charge in [0.15, 0.2) is 0 Å². The molecule has 22 heavy (non-hydrogen) atoms. The zero-order chi connectivity index (χ0) is 17.1. The van der Waals surface area contributed by atoms with Crippen LogP contribution >= 0.6 is 0 Å². The van der Waals surface area contributed by atoms with Gasteiger partial charge in [-0.25, -0.2) is 0 Å². The normalized spacial score (nSPS) is 12.6. The second-order valence-corrected chi connectivity index (χ2v) is 8.41. The third kappa shape index (κ3) is 5.56. The average molecular weight is 351 g/mol. The highest BCUT2D eigenvalue weighted by Crippen LogP contribution is 2.29. The third-order valence-corrected chi connectivity index (χ3v) is 4.88. The van der Waals surface area contributed by atoms with Crippen LogP contribution in [0.2, 0.25) is 0 Å². The zero-order valence-electron chi connectivity index (χ0n) is 12.7. The molecule has 0 radical (unpaired) electrons. The molecule has 1 rings (SSSR count). The Morgan fingerprint density at radius 2 is 1.73 bits per heavy atom. The van der Waals surface area contributed by atoms with Crippen molar-refractivity contribution in [2.45, 2.75) is 31.1 Å². The Kier molecular flexibility index (Phi) is 5.96. The van der Waals surface area contributed by atoms with Gasteiger partial charge in [0.1, 0.15) is 0 Å². The molecule has 126 valence electrons. The first-order valence-electron chi connectivity index (χ1n) is 6.69. The molecule has 1 aromatic rings. The topological polar surface area (TPSA) is 112 Å². The van der Waals surface area contributed by atoms with E-state index < -0.39 is 20.2 Å².